The molecule has 0 fully saturated rings. The van der Waals surface area contributed by atoms with E-state index in [1.165, 1.54) is 0 Å². The Bertz CT molecular complexity index is 240. The summed E-state index contributed by atoms with van der Waals surface area (Å²) in [6.45, 7) is 1.33. The lowest BCUT2D eigenvalue weighted by molar-refractivity contribution is -0.142. The molecule has 0 aliphatic heterocycles. The molecule has 0 bridgehead atoms. The molecule has 1 N–H and O–H groups in total. The Labute approximate surface area is 89.0 Å². The van der Waals surface area contributed by atoms with Crippen LogP contribution in [0.3, 0.4) is 0 Å². The average molecular weight is 268 g/mol. The summed E-state index contributed by atoms with van der Waals surface area (Å²) in [5, 5.41) is 11.5. The number of nitrogens with zero attached hydrogens (tertiary/aromatic N) is 1. The third-order valence-electron chi connectivity index (χ3n) is 0.976. The van der Waals surface area contributed by atoms with Crippen LogP contribution in [0.4, 0.5) is 0 Å². The van der Waals surface area contributed by atoms with Crippen molar-refractivity contribution in [2.24, 2.45) is 5.16 Å². The number of carbonyl (C=O) groups is 2. The smallest absolute Gasteiger partial charge is 0.344 e. The van der Waals surface area contributed by atoms with Gasteiger partial charge in [0.05, 0.1) is 11.9 Å². The summed E-state index contributed by atoms with van der Waals surface area (Å²) >= 11 is 2.92. The van der Waals surface area contributed by atoms with Gasteiger partial charge in [0, 0.05) is 0 Å². The van der Waals surface area contributed by atoms with Crippen molar-refractivity contribution in [2.75, 3.05) is 18.5 Å². The minimum atomic E-state index is -1.17. The predicted octanol–water partition coefficient (Wildman–Crippen LogP) is 0.402. The molecule has 0 heterocycles. The second kappa shape index (κ2) is 7.31. The number of Topliss-reactive ketones (excluding diaryl/α,β-unsaturated/α-hetero) is 1. The predicted molar refractivity (Wildman–Crippen MR) is 51.4 cm³/mol. The van der Waals surface area contributed by atoms with Crippen molar-refractivity contribution >= 4 is 33.6 Å². The third-order valence-corrected chi connectivity index (χ3v) is 1.49. The Morgan fingerprint density at radius 3 is 2.57 bits per heavy atom. The number of oxime groups is 1. The topological polar surface area (TPSA) is 85.2 Å². The number of hydrogen-bond acceptors (Lipinski definition) is 5. The second-order valence-electron chi connectivity index (χ2n) is 2.05. The largest absolute Gasteiger partial charge is 0.479 e. The number of halogens is 1. The van der Waals surface area contributed by atoms with E-state index < -0.39 is 18.4 Å². The molecule has 0 aromatic rings. The highest BCUT2D eigenvalue weighted by atomic mass is 79.9. The van der Waals surface area contributed by atoms with E-state index in [-0.39, 0.29) is 17.8 Å². The van der Waals surface area contributed by atoms with Gasteiger partial charge >= 0.3 is 5.97 Å². The third kappa shape index (κ3) is 5.52. The van der Waals surface area contributed by atoms with Crippen LogP contribution in [-0.2, 0) is 19.2 Å². The molecular formula is C7H10BrNO5. The molecule has 0 aliphatic carbocycles. The highest BCUT2D eigenvalue weighted by molar-refractivity contribution is 9.09. The number of hydrogen-bond donors (Lipinski definition) is 1. The van der Waals surface area contributed by atoms with Crippen LogP contribution < -0.4 is 0 Å². The fourth-order valence-electron chi connectivity index (χ4n) is 0.498. The van der Waals surface area contributed by atoms with Gasteiger partial charge in [0.2, 0.25) is 12.4 Å². The van der Waals surface area contributed by atoms with Crippen molar-refractivity contribution in [1.29, 1.82) is 0 Å². The number of carboxylic acids is 1. The molecule has 0 spiro atoms. The molecule has 0 radical (unpaired) electrons. The molecule has 0 aromatic carbocycles. The van der Waals surface area contributed by atoms with Gasteiger partial charge < -0.3 is 14.7 Å². The second-order valence-corrected chi connectivity index (χ2v) is 2.61. The van der Waals surface area contributed by atoms with Crippen molar-refractivity contribution in [3.63, 3.8) is 0 Å². The van der Waals surface area contributed by atoms with Crippen LogP contribution >= 0.6 is 15.9 Å². The van der Waals surface area contributed by atoms with Gasteiger partial charge in [0.1, 0.15) is 0 Å². The van der Waals surface area contributed by atoms with Crippen molar-refractivity contribution < 1.29 is 24.3 Å². The molecule has 6 nitrogen and oxygen atoms in total. The molecule has 7 heteroatoms. The SMILES string of the molecule is CCO/C(=N\OCC(=O)O)C(=O)CBr. The standard InChI is InChI=1S/C7H10BrNO5/c1-2-13-7(5(10)3-8)9-14-4-6(11)12/h2-4H2,1H3,(H,11,12)/b9-7-. The van der Waals surface area contributed by atoms with Crippen molar-refractivity contribution in [1.82, 2.24) is 0 Å². The van der Waals surface area contributed by atoms with E-state index in [9.17, 15) is 9.59 Å². The first-order valence-electron chi connectivity index (χ1n) is 3.75. The summed E-state index contributed by atoms with van der Waals surface area (Å²) in [7, 11) is 0. The molecule has 80 valence electrons. The first-order valence-corrected chi connectivity index (χ1v) is 4.87. The van der Waals surface area contributed by atoms with Crippen LogP contribution in [0.25, 0.3) is 0 Å². The maximum atomic E-state index is 11.0. The van der Waals surface area contributed by atoms with Gasteiger partial charge in [-0.1, -0.05) is 15.9 Å². The van der Waals surface area contributed by atoms with E-state index in [2.05, 4.69) is 25.9 Å². The number of ketones is 1. The Hall–Kier alpha value is -1.11. The number of aliphatic carboxylic acids is 1. The van der Waals surface area contributed by atoms with E-state index in [4.69, 9.17) is 9.84 Å². The summed E-state index contributed by atoms with van der Waals surface area (Å²) in [6, 6.07) is 0. The van der Waals surface area contributed by atoms with Crippen LogP contribution in [0.15, 0.2) is 5.16 Å². The van der Waals surface area contributed by atoms with Gasteiger partial charge in [-0.3, -0.25) is 4.79 Å². The van der Waals surface area contributed by atoms with Crippen molar-refractivity contribution in [2.45, 2.75) is 6.92 Å². The van der Waals surface area contributed by atoms with Crippen LogP contribution in [0.2, 0.25) is 0 Å². The van der Waals surface area contributed by atoms with Crippen LogP contribution in [0.1, 0.15) is 6.92 Å². The maximum absolute atomic E-state index is 11.0. The van der Waals surface area contributed by atoms with Crippen LogP contribution in [0, 0.1) is 0 Å². The highest BCUT2D eigenvalue weighted by Gasteiger charge is 2.12. The van der Waals surface area contributed by atoms with Gasteiger partial charge in [0.15, 0.2) is 0 Å². The first-order chi connectivity index (χ1) is 6.61. The Balaban J connectivity index is 4.18. The lowest BCUT2D eigenvalue weighted by Gasteiger charge is -2.03. The zero-order valence-corrected chi connectivity index (χ0v) is 9.11. The van der Waals surface area contributed by atoms with Crippen LogP contribution in [-0.4, -0.2) is 41.3 Å². The highest BCUT2D eigenvalue weighted by Crippen LogP contribution is 1.92. The van der Waals surface area contributed by atoms with Gasteiger partial charge in [-0.15, -0.1) is 0 Å². The number of rotatable bonds is 6. The molecule has 0 amide bonds. The Morgan fingerprint density at radius 1 is 1.50 bits per heavy atom. The maximum Gasteiger partial charge on any atom is 0.344 e. The molecule has 0 unspecified atom stereocenters. The number of carboxylic acid groups (broad SMARTS) is 1. The minimum absolute atomic E-state index is 0.0439. The van der Waals surface area contributed by atoms with Gasteiger partial charge in [-0.25, -0.2) is 4.79 Å². The van der Waals surface area contributed by atoms with E-state index in [0.717, 1.165) is 0 Å². The minimum Gasteiger partial charge on any atom is -0.479 e. The molecule has 0 aromatic heterocycles. The number of ether oxygens (including phenoxy) is 1. The van der Waals surface area contributed by atoms with Crippen molar-refractivity contribution in [3.8, 4) is 0 Å². The molecular weight excluding hydrogens is 258 g/mol. The molecule has 0 saturated heterocycles. The fraction of sp³-hybridized carbons (Fsp3) is 0.571. The summed E-state index contributed by atoms with van der Waals surface area (Å²) in [4.78, 5) is 25.5. The number of carbonyl (C=O) groups excluding carboxylic acids is 1. The Kier molecular flexibility index (Phi) is 6.73. The summed E-state index contributed by atoms with van der Waals surface area (Å²) in [5.74, 6) is -1.81. The van der Waals surface area contributed by atoms with Gasteiger partial charge in [-0.05, 0) is 12.1 Å². The van der Waals surface area contributed by atoms with E-state index in [0.29, 0.717) is 0 Å². The normalized spacial score (nSPS) is 10.9. The van der Waals surface area contributed by atoms with E-state index >= 15 is 0 Å². The Morgan fingerprint density at radius 2 is 2.14 bits per heavy atom. The van der Waals surface area contributed by atoms with Crippen LogP contribution in [0.5, 0.6) is 0 Å². The number of alkyl halides is 1. The fourth-order valence-corrected chi connectivity index (χ4v) is 0.738. The van der Waals surface area contributed by atoms with E-state index in [1.54, 1.807) is 6.92 Å². The molecule has 0 atom stereocenters. The summed E-state index contributed by atoms with van der Waals surface area (Å²) < 4.78 is 4.83. The zero-order valence-electron chi connectivity index (χ0n) is 7.53. The quantitative estimate of drug-likeness (QED) is 0.326. The molecule has 0 aliphatic rings. The average Bonchev–Trinajstić information content (AvgIpc) is 2.15. The van der Waals surface area contributed by atoms with Crippen molar-refractivity contribution in [3.05, 3.63) is 0 Å². The molecule has 0 rings (SSSR count). The van der Waals surface area contributed by atoms with E-state index in [1.807, 2.05) is 0 Å². The molecule has 14 heavy (non-hydrogen) atoms. The summed E-state index contributed by atoms with van der Waals surface area (Å²) in [6.07, 6.45) is 0. The monoisotopic (exact) mass is 267 g/mol. The lowest BCUT2D eigenvalue weighted by atomic mass is 10.4. The first kappa shape index (κ1) is 12.9. The molecule has 0 saturated carbocycles. The van der Waals surface area contributed by atoms with Gasteiger partial charge in [0.25, 0.3) is 5.90 Å². The lowest BCUT2D eigenvalue weighted by Crippen LogP contribution is -2.20. The summed E-state index contributed by atoms with van der Waals surface area (Å²) in [5.41, 5.74) is 0. The zero-order chi connectivity index (χ0) is 11.0. The van der Waals surface area contributed by atoms with Gasteiger partial charge in [-0.2, -0.15) is 0 Å².